The second-order valence-corrected chi connectivity index (χ2v) is 5.79. The molecule has 0 aromatic heterocycles. The minimum atomic E-state index is -0.472. The van der Waals surface area contributed by atoms with E-state index in [2.05, 4.69) is 5.32 Å². The summed E-state index contributed by atoms with van der Waals surface area (Å²) in [5.41, 5.74) is -0.472. The molecule has 2 fully saturated rings. The number of hydrogen-bond acceptors (Lipinski definition) is 3. The summed E-state index contributed by atoms with van der Waals surface area (Å²) < 4.78 is 5.33. The van der Waals surface area contributed by atoms with Crippen LogP contribution in [0.5, 0.6) is 0 Å². The summed E-state index contributed by atoms with van der Waals surface area (Å²) in [5.74, 6) is 0. The minimum absolute atomic E-state index is 0.0222. The largest absolute Gasteiger partial charge is 0.444 e. The van der Waals surface area contributed by atoms with Crippen LogP contribution in [0.25, 0.3) is 0 Å². The second kappa shape index (κ2) is 4.66. The second-order valence-electron chi connectivity index (χ2n) is 5.79. The molecule has 6 heteroatoms. The van der Waals surface area contributed by atoms with Gasteiger partial charge in [0.05, 0.1) is 6.04 Å². The van der Waals surface area contributed by atoms with Gasteiger partial charge in [-0.05, 0) is 27.2 Å². The molecular formula is C12H21N3O3. The molecule has 3 amide bonds. The number of rotatable bonds is 1. The van der Waals surface area contributed by atoms with E-state index in [9.17, 15) is 9.59 Å². The van der Waals surface area contributed by atoms with Crippen LogP contribution in [0, 0.1) is 0 Å². The van der Waals surface area contributed by atoms with Gasteiger partial charge < -0.3 is 19.9 Å². The van der Waals surface area contributed by atoms with Crippen molar-refractivity contribution in [2.45, 2.75) is 38.8 Å². The summed E-state index contributed by atoms with van der Waals surface area (Å²) in [6.45, 7) is 8.21. The average molecular weight is 255 g/mol. The van der Waals surface area contributed by atoms with E-state index in [0.717, 1.165) is 13.0 Å². The number of ether oxygens (including phenoxy) is 1. The maximum Gasteiger partial charge on any atom is 0.410 e. The molecule has 6 nitrogen and oxygen atoms in total. The Bertz CT molecular complexity index is 351. The number of carbonyl (C=O) groups is 2. The minimum Gasteiger partial charge on any atom is -0.444 e. The number of nitrogens with one attached hydrogen (secondary N) is 1. The highest BCUT2D eigenvalue weighted by Crippen LogP contribution is 2.19. The predicted molar refractivity (Wildman–Crippen MR) is 66.3 cm³/mol. The Hall–Kier alpha value is -1.46. The van der Waals surface area contributed by atoms with Gasteiger partial charge in [0.15, 0.2) is 0 Å². The van der Waals surface area contributed by atoms with Crippen molar-refractivity contribution in [3.63, 3.8) is 0 Å². The predicted octanol–water partition coefficient (Wildman–Crippen LogP) is 1.02. The lowest BCUT2D eigenvalue weighted by Crippen LogP contribution is -2.41. The van der Waals surface area contributed by atoms with Crippen LogP contribution in [0.15, 0.2) is 0 Å². The van der Waals surface area contributed by atoms with Crippen molar-refractivity contribution in [1.29, 1.82) is 0 Å². The van der Waals surface area contributed by atoms with Crippen LogP contribution in [-0.2, 0) is 4.74 Å². The van der Waals surface area contributed by atoms with Crippen molar-refractivity contribution >= 4 is 12.1 Å². The monoisotopic (exact) mass is 255 g/mol. The summed E-state index contributed by atoms with van der Waals surface area (Å²) >= 11 is 0. The van der Waals surface area contributed by atoms with E-state index < -0.39 is 5.60 Å². The lowest BCUT2D eigenvalue weighted by atomic mass is 10.2. The molecule has 2 heterocycles. The van der Waals surface area contributed by atoms with Gasteiger partial charge in [-0.2, -0.15) is 0 Å². The standard InChI is InChI=1S/C12H21N3O3/c1-12(2,3)18-11(17)14-6-4-9(8-14)15-7-5-13-10(15)16/h9H,4-8H2,1-3H3,(H,13,16)/t9-/m0/s1. The van der Waals surface area contributed by atoms with Crippen molar-refractivity contribution in [3.8, 4) is 0 Å². The first-order chi connectivity index (χ1) is 8.37. The molecule has 2 aliphatic rings. The summed E-state index contributed by atoms with van der Waals surface area (Å²) in [6.07, 6.45) is 0.539. The topological polar surface area (TPSA) is 61.9 Å². The van der Waals surface area contributed by atoms with Gasteiger partial charge in [0.1, 0.15) is 5.60 Å². The maximum absolute atomic E-state index is 11.9. The van der Waals surface area contributed by atoms with E-state index in [1.54, 1.807) is 4.90 Å². The van der Waals surface area contributed by atoms with E-state index in [1.807, 2.05) is 25.7 Å². The third-order valence-corrected chi connectivity index (χ3v) is 3.15. The van der Waals surface area contributed by atoms with Crippen LogP contribution in [0.2, 0.25) is 0 Å². The van der Waals surface area contributed by atoms with Gasteiger partial charge in [0, 0.05) is 26.2 Å². The van der Waals surface area contributed by atoms with E-state index in [4.69, 9.17) is 4.74 Å². The number of likely N-dealkylation sites (tertiary alicyclic amines) is 1. The number of nitrogens with zero attached hydrogens (tertiary/aromatic N) is 2. The molecule has 0 aromatic rings. The van der Waals surface area contributed by atoms with Gasteiger partial charge >= 0.3 is 12.1 Å². The molecule has 0 aliphatic carbocycles. The fourth-order valence-corrected chi connectivity index (χ4v) is 2.32. The van der Waals surface area contributed by atoms with Crippen molar-refractivity contribution < 1.29 is 14.3 Å². The van der Waals surface area contributed by atoms with Crippen LogP contribution in [0.1, 0.15) is 27.2 Å². The first-order valence-electron chi connectivity index (χ1n) is 6.39. The molecule has 2 rings (SSSR count). The van der Waals surface area contributed by atoms with Gasteiger partial charge in [0.25, 0.3) is 0 Å². The van der Waals surface area contributed by atoms with Gasteiger partial charge in [-0.1, -0.05) is 0 Å². The van der Waals surface area contributed by atoms with E-state index in [0.29, 0.717) is 19.6 Å². The Morgan fingerprint density at radius 1 is 1.39 bits per heavy atom. The molecule has 2 aliphatic heterocycles. The molecule has 0 aromatic carbocycles. The summed E-state index contributed by atoms with van der Waals surface area (Å²) in [5, 5.41) is 2.78. The molecule has 2 saturated heterocycles. The van der Waals surface area contributed by atoms with Gasteiger partial charge in [-0.3, -0.25) is 0 Å². The van der Waals surface area contributed by atoms with E-state index >= 15 is 0 Å². The molecule has 102 valence electrons. The third kappa shape index (κ3) is 2.86. The average Bonchev–Trinajstić information content (AvgIpc) is 2.82. The van der Waals surface area contributed by atoms with E-state index in [-0.39, 0.29) is 18.2 Å². The first kappa shape index (κ1) is 13.0. The Balaban J connectivity index is 1.88. The molecule has 1 atom stereocenters. The van der Waals surface area contributed by atoms with Crippen molar-refractivity contribution in [2.75, 3.05) is 26.2 Å². The Morgan fingerprint density at radius 3 is 2.67 bits per heavy atom. The number of urea groups is 1. The molecule has 0 spiro atoms. The van der Waals surface area contributed by atoms with Crippen LogP contribution in [0.3, 0.4) is 0 Å². The summed E-state index contributed by atoms with van der Waals surface area (Å²) in [6, 6.07) is 0.103. The lowest BCUT2D eigenvalue weighted by molar-refractivity contribution is 0.0284. The highest BCUT2D eigenvalue weighted by atomic mass is 16.6. The Labute approximate surface area is 107 Å². The third-order valence-electron chi connectivity index (χ3n) is 3.15. The quantitative estimate of drug-likeness (QED) is 0.761. The molecule has 0 radical (unpaired) electrons. The number of amides is 3. The molecule has 18 heavy (non-hydrogen) atoms. The highest BCUT2D eigenvalue weighted by molar-refractivity contribution is 5.77. The Kier molecular flexibility index (Phi) is 3.36. The van der Waals surface area contributed by atoms with Crippen molar-refractivity contribution in [3.05, 3.63) is 0 Å². The maximum atomic E-state index is 11.9. The molecule has 0 saturated carbocycles. The lowest BCUT2D eigenvalue weighted by Gasteiger charge is -2.26. The van der Waals surface area contributed by atoms with Gasteiger partial charge in [-0.15, -0.1) is 0 Å². The molecule has 0 unspecified atom stereocenters. The molecule has 0 bridgehead atoms. The van der Waals surface area contributed by atoms with Gasteiger partial charge in [-0.25, -0.2) is 9.59 Å². The fourth-order valence-electron chi connectivity index (χ4n) is 2.32. The highest BCUT2D eigenvalue weighted by Gasteiger charge is 2.36. The smallest absolute Gasteiger partial charge is 0.410 e. The van der Waals surface area contributed by atoms with Crippen LogP contribution in [-0.4, -0.2) is 59.7 Å². The van der Waals surface area contributed by atoms with Gasteiger partial charge in [0.2, 0.25) is 0 Å². The Morgan fingerprint density at radius 2 is 2.11 bits per heavy atom. The van der Waals surface area contributed by atoms with Crippen molar-refractivity contribution in [1.82, 2.24) is 15.1 Å². The number of carbonyl (C=O) groups excluding carboxylic acids is 2. The molecular weight excluding hydrogens is 234 g/mol. The normalized spacial score (nSPS) is 24.4. The van der Waals surface area contributed by atoms with Crippen LogP contribution < -0.4 is 5.32 Å². The van der Waals surface area contributed by atoms with Crippen LogP contribution >= 0.6 is 0 Å². The molecule has 1 N–H and O–H groups in total. The SMILES string of the molecule is CC(C)(C)OC(=O)N1CC[C@H](N2CCNC2=O)C1. The number of hydrogen-bond donors (Lipinski definition) is 1. The summed E-state index contributed by atoms with van der Waals surface area (Å²) in [4.78, 5) is 26.9. The zero-order valence-corrected chi connectivity index (χ0v) is 11.2. The van der Waals surface area contributed by atoms with Crippen molar-refractivity contribution in [2.24, 2.45) is 0 Å². The van der Waals surface area contributed by atoms with E-state index in [1.165, 1.54) is 0 Å². The summed E-state index contributed by atoms with van der Waals surface area (Å²) in [7, 11) is 0. The first-order valence-corrected chi connectivity index (χ1v) is 6.39. The zero-order valence-electron chi connectivity index (χ0n) is 11.2. The zero-order chi connectivity index (χ0) is 13.3. The van der Waals surface area contributed by atoms with Crippen LogP contribution in [0.4, 0.5) is 9.59 Å². The fraction of sp³-hybridized carbons (Fsp3) is 0.833.